The summed E-state index contributed by atoms with van der Waals surface area (Å²) in [4.78, 5) is 39.8. The standard InChI is InChI=1S/C12H16N4O4/c1-15(6-9-3-2-4-14-5-9)12(20)16(7-10(13)17)8-11(18)19/h2-5H,6-8H2,1H3,(H2,13,17)(H,18,19). The number of carbonyl (C=O) groups excluding carboxylic acids is 2. The molecule has 1 aromatic rings. The molecule has 1 rings (SSSR count). The molecule has 0 aliphatic heterocycles. The number of urea groups is 1. The van der Waals surface area contributed by atoms with Crippen molar-refractivity contribution < 1.29 is 19.5 Å². The van der Waals surface area contributed by atoms with Gasteiger partial charge in [0, 0.05) is 26.0 Å². The van der Waals surface area contributed by atoms with Crippen LogP contribution in [0, 0.1) is 0 Å². The van der Waals surface area contributed by atoms with Gasteiger partial charge in [0.05, 0.1) is 0 Å². The lowest BCUT2D eigenvalue weighted by Crippen LogP contribution is -2.47. The molecule has 8 nitrogen and oxygen atoms in total. The molecule has 0 unspecified atom stereocenters. The van der Waals surface area contributed by atoms with Crippen molar-refractivity contribution in [2.24, 2.45) is 5.73 Å². The van der Waals surface area contributed by atoms with E-state index in [0.717, 1.165) is 10.5 Å². The fraction of sp³-hybridized carbons (Fsp3) is 0.333. The Bertz CT molecular complexity index is 475. The molecular formula is C12H16N4O4. The number of pyridine rings is 1. The Hall–Kier alpha value is -2.64. The van der Waals surface area contributed by atoms with Crippen LogP contribution in [0.3, 0.4) is 0 Å². The highest BCUT2D eigenvalue weighted by Crippen LogP contribution is 2.04. The van der Waals surface area contributed by atoms with Gasteiger partial charge in [-0.25, -0.2) is 4.79 Å². The first-order valence-corrected chi connectivity index (χ1v) is 5.79. The van der Waals surface area contributed by atoms with Gasteiger partial charge in [0.25, 0.3) is 0 Å². The van der Waals surface area contributed by atoms with Crippen molar-refractivity contribution >= 4 is 17.9 Å². The second-order valence-electron chi connectivity index (χ2n) is 4.22. The van der Waals surface area contributed by atoms with E-state index in [9.17, 15) is 14.4 Å². The number of nitrogens with two attached hydrogens (primary N) is 1. The number of carbonyl (C=O) groups is 3. The molecule has 20 heavy (non-hydrogen) atoms. The van der Waals surface area contributed by atoms with Gasteiger partial charge in [-0.1, -0.05) is 6.07 Å². The van der Waals surface area contributed by atoms with Gasteiger partial charge in [-0.2, -0.15) is 0 Å². The maximum Gasteiger partial charge on any atom is 0.323 e. The van der Waals surface area contributed by atoms with Crippen molar-refractivity contribution in [3.05, 3.63) is 30.1 Å². The Balaban J connectivity index is 2.72. The molecule has 1 heterocycles. The van der Waals surface area contributed by atoms with Crippen LogP contribution in [0.2, 0.25) is 0 Å². The summed E-state index contributed by atoms with van der Waals surface area (Å²) in [5, 5.41) is 8.74. The molecule has 108 valence electrons. The SMILES string of the molecule is CN(Cc1cccnc1)C(=O)N(CC(N)=O)CC(=O)O. The summed E-state index contributed by atoms with van der Waals surface area (Å²) in [6.07, 6.45) is 3.20. The van der Waals surface area contributed by atoms with Gasteiger partial charge in [0.1, 0.15) is 13.1 Å². The van der Waals surface area contributed by atoms with Crippen LogP contribution in [0.4, 0.5) is 4.79 Å². The third-order valence-electron chi connectivity index (χ3n) is 2.41. The number of hydrogen-bond acceptors (Lipinski definition) is 4. The average Bonchev–Trinajstić information content (AvgIpc) is 2.37. The number of hydrogen-bond donors (Lipinski definition) is 2. The van der Waals surface area contributed by atoms with Crippen molar-refractivity contribution in [2.75, 3.05) is 20.1 Å². The normalized spacial score (nSPS) is 9.85. The van der Waals surface area contributed by atoms with Crippen LogP contribution in [-0.2, 0) is 16.1 Å². The molecule has 8 heteroatoms. The number of amides is 3. The van der Waals surface area contributed by atoms with E-state index >= 15 is 0 Å². The van der Waals surface area contributed by atoms with Gasteiger partial charge < -0.3 is 20.6 Å². The van der Waals surface area contributed by atoms with E-state index in [1.807, 2.05) is 0 Å². The topological polar surface area (TPSA) is 117 Å². The van der Waals surface area contributed by atoms with Crippen LogP contribution in [0.5, 0.6) is 0 Å². The van der Waals surface area contributed by atoms with E-state index < -0.39 is 31.0 Å². The van der Waals surface area contributed by atoms with Gasteiger partial charge in [-0.3, -0.25) is 14.6 Å². The molecule has 0 saturated heterocycles. The van der Waals surface area contributed by atoms with Crippen molar-refractivity contribution in [3.8, 4) is 0 Å². The second-order valence-corrected chi connectivity index (χ2v) is 4.22. The molecule has 0 spiro atoms. The highest BCUT2D eigenvalue weighted by atomic mass is 16.4. The van der Waals surface area contributed by atoms with E-state index in [-0.39, 0.29) is 6.54 Å². The summed E-state index contributed by atoms with van der Waals surface area (Å²) in [5.41, 5.74) is 5.79. The monoisotopic (exact) mass is 280 g/mol. The molecule has 0 bridgehead atoms. The van der Waals surface area contributed by atoms with Crippen LogP contribution in [-0.4, -0.2) is 57.9 Å². The molecule has 0 atom stereocenters. The Morgan fingerprint density at radius 3 is 2.55 bits per heavy atom. The summed E-state index contributed by atoms with van der Waals surface area (Å²) in [7, 11) is 1.51. The van der Waals surface area contributed by atoms with E-state index in [1.54, 1.807) is 24.5 Å². The number of aromatic nitrogens is 1. The third-order valence-corrected chi connectivity index (χ3v) is 2.41. The van der Waals surface area contributed by atoms with E-state index in [4.69, 9.17) is 10.8 Å². The summed E-state index contributed by atoms with van der Waals surface area (Å²) in [5.74, 6) is -1.98. The second kappa shape index (κ2) is 7.07. The number of carboxylic acids is 1. The third kappa shape index (κ3) is 4.92. The Morgan fingerprint density at radius 1 is 1.35 bits per heavy atom. The molecule has 3 N–H and O–H groups in total. The molecular weight excluding hydrogens is 264 g/mol. The van der Waals surface area contributed by atoms with Crippen molar-refractivity contribution in [1.82, 2.24) is 14.8 Å². The van der Waals surface area contributed by atoms with E-state index in [2.05, 4.69) is 4.98 Å². The van der Waals surface area contributed by atoms with Gasteiger partial charge in [0.2, 0.25) is 5.91 Å². The maximum atomic E-state index is 12.1. The maximum absolute atomic E-state index is 12.1. The fourth-order valence-electron chi connectivity index (χ4n) is 1.62. The van der Waals surface area contributed by atoms with Crippen LogP contribution >= 0.6 is 0 Å². The lowest BCUT2D eigenvalue weighted by atomic mass is 10.3. The minimum absolute atomic E-state index is 0.252. The van der Waals surface area contributed by atoms with Crippen molar-refractivity contribution in [2.45, 2.75) is 6.54 Å². The zero-order valence-electron chi connectivity index (χ0n) is 11.0. The summed E-state index contributed by atoms with van der Waals surface area (Å²) in [6, 6.07) is 2.92. The molecule has 0 fully saturated rings. The number of primary amides is 1. The summed E-state index contributed by atoms with van der Waals surface area (Å²) in [6.45, 7) is -0.775. The summed E-state index contributed by atoms with van der Waals surface area (Å²) < 4.78 is 0. The predicted octanol–water partition coefficient (Wildman–Crippen LogP) is -0.495. The molecule has 0 aliphatic rings. The minimum Gasteiger partial charge on any atom is -0.480 e. The Morgan fingerprint density at radius 2 is 2.05 bits per heavy atom. The van der Waals surface area contributed by atoms with Crippen LogP contribution in [0.15, 0.2) is 24.5 Å². The molecule has 0 radical (unpaired) electrons. The lowest BCUT2D eigenvalue weighted by Gasteiger charge is -2.26. The van der Waals surface area contributed by atoms with Gasteiger partial charge >= 0.3 is 12.0 Å². The first-order chi connectivity index (χ1) is 9.40. The first-order valence-electron chi connectivity index (χ1n) is 5.79. The molecule has 1 aromatic heterocycles. The molecule has 0 aromatic carbocycles. The van der Waals surface area contributed by atoms with Gasteiger partial charge in [-0.15, -0.1) is 0 Å². The first kappa shape index (κ1) is 15.4. The Labute approximate surface area is 115 Å². The zero-order chi connectivity index (χ0) is 15.1. The summed E-state index contributed by atoms with van der Waals surface area (Å²) >= 11 is 0. The van der Waals surface area contributed by atoms with Gasteiger partial charge in [-0.05, 0) is 11.6 Å². The van der Waals surface area contributed by atoms with E-state index in [0.29, 0.717) is 0 Å². The number of nitrogens with zero attached hydrogens (tertiary/aromatic N) is 3. The van der Waals surface area contributed by atoms with Crippen molar-refractivity contribution in [1.29, 1.82) is 0 Å². The number of carboxylic acid groups (broad SMARTS) is 1. The predicted molar refractivity (Wildman–Crippen MR) is 69.5 cm³/mol. The quantitative estimate of drug-likeness (QED) is 0.729. The minimum atomic E-state index is -1.21. The van der Waals surface area contributed by atoms with Crippen LogP contribution in [0.1, 0.15) is 5.56 Å². The van der Waals surface area contributed by atoms with Crippen molar-refractivity contribution in [3.63, 3.8) is 0 Å². The smallest absolute Gasteiger partial charge is 0.323 e. The van der Waals surface area contributed by atoms with E-state index in [1.165, 1.54) is 11.9 Å². The molecule has 3 amide bonds. The number of aliphatic carboxylic acids is 1. The average molecular weight is 280 g/mol. The highest BCUT2D eigenvalue weighted by molar-refractivity contribution is 5.85. The van der Waals surface area contributed by atoms with Gasteiger partial charge in [0.15, 0.2) is 0 Å². The van der Waals surface area contributed by atoms with Crippen LogP contribution < -0.4 is 5.73 Å². The fourth-order valence-corrected chi connectivity index (χ4v) is 1.62. The largest absolute Gasteiger partial charge is 0.480 e. The zero-order valence-corrected chi connectivity index (χ0v) is 11.0. The highest BCUT2D eigenvalue weighted by Gasteiger charge is 2.22. The molecule has 0 aliphatic carbocycles. The Kier molecular flexibility index (Phi) is 5.45. The lowest BCUT2D eigenvalue weighted by molar-refractivity contribution is -0.138. The number of rotatable bonds is 6. The van der Waals surface area contributed by atoms with Crippen LogP contribution in [0.25, 0.3) is 0 Å². The molecule has 0 saturated carbocycles.